The molecule has 0 bridgehead atoms. The van der Waals surface area contributed by atoms with Gasteiger partial charge < -0.3 is 10.6 Å². The molecule has 130 valence electrons. The summed E-state index contributed by atoms with van der Waals surface area (Å²) in [4.78, 5) is 24.6. The minimum absolute atomic E-state index is 0.207. The van der Waals surface area contributed by atoms with Crippen LogP contribution in [0.3, 0.4) is 0 Å². The van der Waals surface area contributed by atoms with Gasteiger partial charge in [0.05, 0.1) is 0 Å². The highest BCUT2D eigenvalue weighted by atomic mass is 16.2. The quantitative estimate of drug-likeness (QED) is 0.714. The average molecular weight is 344 g/mol. The maximum Gasteiger partial charge on any atom is 0.255 e. The molecule has 0 fully saturated rings. The van der Waals surface area contributed by atoms with Gasteiger partial charge in [0, 0.05) is 22.5 Å². The van der Waals surface area contributed by atoms with Crippen LogP contribution in [0, 0.1) is 13.8 Å². The molecule has 2 amide bonds. The Balaban J connectivity index is 1.67. The highest BCUT2D eigenvalue weighted by molar-refractivity contribution is 6.07. The van der Waals surface area contributed by atoms with Crippen molar-refractivity contribution in [2.24, 2.45) is 0 Å². The summed E-state index contributed by atoms with van der Waals surface area (Å²) in [6.45, 7) is 3.94. The summed E-state index contributed by atoms with van der Waals surface area (Å²) in [6.07, 6.45) is 0. The number of carbonyl (C=O) groups is 2. The van der Waals surface area contributed by atoms with E-state index in [-0.39, 0.29) is 11.8 Å². The molecule has 26 heavy (non-hydrogen) atoms. The molecule has 2 N–H and O–H groups in total. The Morgan fingerprint density at radius 2 is 1.00 bits per heavy atom. The number of hydrogen-bond acceptors (Lipinski definition) is 2. The topological polar surface area (TPSA) is 58.2 Å². The molecule has 0 saturated carbocycles. The van der Waals surface area contributed by atoms with Gasteiger partial charge >= 0.3 is 0 Å². The molecule has 0 spiro atoms. The number of amides is 2. The second-order valence-corrected chi connectivity index (χ2v) is 6.22. The molecule has 0 unspecified atom stereocenters. The van der Waals surface area contributed by atoms with Gasteiger partial charge in [-0.25, -0.2) is 0 Å². The van der Waals surface area contributed by atoms with E-state index in [1.807, 2.05) is 62.4 Å². The van der Waals surface area contributed by atoms with Crippen LogP contribution in [0.4, 0.5) is 11.4 Å². The summed E-state index contributed by atoms with van der Waals surface area (Å²) in [5.74, 6) is -0.414. The smallest absolute Gasteiger partial charge is 0.255 e. The maximum absolute atomic E-state index is 12.3. The van der Waals surface area contributed by atoms with Crippen LogP contribution < -0.4 is 10.6 Å². The van der Waals surface area contributed by atoms with Gasteiger partial charge in [-0.2, -0.15) is 0 Å². The zero-order valence-corrected chi connectivity index (χ0v) is 14.7. The third-order valence-electron chi connectivity index (χ3n) is 3.96. The van der Waals surface area contributed by atoms with Crippen molar-refractivity contribution in [1.82, 2.24) is 0 Å². The van der Waals surface area contributed by atoms with Crippen LogP contribution in [0.15, 0.2) is 72.8 Å². The predicted molar refractivity (Wildman–Crippen MR) is 105 cm³/mol. The van der Waals surface area contributed by atoms with Gasteiger partial charge in [-0.3, -0.25) is 9.59 Å². The number of anilines is 2. The fourth-order valence-corrected chi connectivity index (χ4v) is 2.63. The number of hydrogen-bond donors (Lipinski definition) is 2. The van der Waals surface area contributed by atoms with E-state index in [0.29, 0.717) is 11.1 Å². The van der Waals surface area contributed by atoms with E-state index >= 15 is 0 Å². The zero-order chi connectivity index (χ0) is 18.5. The Labute approximate surface area is 152 Å². The molecule has 0 aliphatic heterocycles. The summed E-state index contributed by atoms with van der Waals surface area (Å²) < 4.78 is 0. The van der Waals surface area contributed by atoms with Crippen LogP contribution in [-0.2, 0) is 0 Å². The molecular weight excluding hydrogens is 324 g/mol. The molecule has 0 atom stereocenters. The van der Waals surface area contributed by atoms with Crippen LogP contribution in [0.5, 0.6) is 0 Å². The largest absolute Gasteiger partial charge is 0.322 e. The number of aryl methyl sites for hydroxylation is 2. The van der Waals surface area contributed by atoms with Crippen molar-refractivity contribution >= 4 is 23.2 Å². The van der Waals surface area contributed by atoms with Crippen LogP contribution >= 0.6 is 0 Å². The molecule has 3 aromatic carbocycles. The van der Waals surface area contributed by atoms with E-state index in [0.717, 1.165) is 22.5 Å². The predicted octanol–water partition coefficient (Wildman–Crippen LogP) is 4.81. The Hall–Kier alpha value is -3.40. The molecule has 4 nitrogen and oxygen atoms in total. The molecule has 3 rings (SSSR count). The van der Waals surface area contributed by atoms with E-state index in [2.05, 4.69) is 10.6 Å². The molecule has 0 aliphatic rings. The Kier molecular flexibility index (Phi) is 5.13. The summed E-state index contributed by atoms with van der Waals surface area (Å²) in [5.41, 5.74) is 4.64. The van der Waals surface area contributed by atoms with E-state index in [4.69, 9.17) is 0 Å². The molecule has 0 aromatic heterocycles. The fourth-order valence-electron chi connectivity index (χ4n) is 2.63. The van der Waals surface area contributed by atoms with E-state index in [1.165, 1.54) is 0 Å². The fraction of sp³-hybridized carbons (Fsp3) is 0.0909. The van der Waals surface area contributed by atoms with Crippen molar-refractivity contribution in [1.29, 1.82) is 0 Å². The summed E-state index contributed by atoms with van der Waals surface area (Å²) >= 11 is 0. The van der Waals surface area contributed by atoms with E-state index in [1.54, 1.807) is 24.3 Å². The monoisotopic (exact) mass is 344 g/mol. The zero-order valence-electron chi connectivity index (χ0n) is 14.7. The van der Waals surface area contributed by atoms with Crippen molar-refractivity contribution in [3.63, 3.8) is 0 Å². The van der Waals surface area contributed by atoms with Crippen LogP contribution in [0.25, 0.3) is 0 Å². The molecule has 3 aromatic rings. The molecular formula is C22H20N2O2. The van der Waals surface area contributed by atoms with Gasteiger partial charge in [0.25, 0.3) is 11.8 Å². The van der Waals surface area contributed by atoms with Gasteiger partial charge in [-0.05, 0) is 73.5 Å². The Morgan fingerprint density at radius 1 is 0.615 bits per heavy atom. The van der Waals surface area contributed by atoms with Crippen molar-refractivity contribution in [3.8, 4) is 0 Å². The highest BCUT2D eigenvalue weighted by Crippen LogP contribution is 2.14. The van der Waals surface area contributed by atoms with Crippen molar-refractivity contribution < 1.29 is 9.59 Å². The second kappa shape index (κ2) is 7.66. The van der Waals surface area contributed by atoms with Gasteiger partial charge in [0.15, 0.2) is 0 Å². The number of carbonyl (C=O) groups excluding carboxylic acids is 2. The normalized spacial score (nSPS) is 10.2. The number of nitrogens with one attached hydrogen (secondary N) is 2. The standard InChI is InChI=1S/C22H20N2O2/c1-15-5-3-7-19(13-15)23-21(25)17-9-11-18(12-10-17)22(26)24-20-8-4-6-16(2)14-20/h3-14H,1-2H3,(H,23,25)(H,24,26). The molecule has 0 saturated heterocycles. The third-order valence-corrected chi connectivity index (χ3v) is 3.96. The molecule has 0 radical (unpaired) electrons. The van der Waals surface area contributed by atoms with Gasteiger partial charge in [-0.1, -0.05) is 24.3 Å². The first kappa shape index (κ1) is 17.4. The SMILES string of the molecule is Cc1cccc(NC(=O)c2ccc(C(=O)Nc3cccc(C)c3)cc2)c1. The van der Waals surface area contributed by atoms with Crippen LogP contribution in [0.2, 0.25) is 0 Å². The summed E-state index contributed by atoms with van der Waals surface area (Å²) in [7, 11) is 0. The lowest BCUT2D eigenvalue weighted by Crippen LogP contribution is -2.14. The number of benzene rings is 3. The summed E-state index contributed by atoms with van der Waals surface area (Å²) in [5, 5.41) is 5.71. The van der Waals surface area contributed by atoms with E-state index in [9.17, 15) is 9.59 Å². The first-order valence-electron chi connectivity index (χ1n) is 8.37. The Bertz CT molecular complexity index is 868. The van der Waals surface area contributed by atoms with Crippen molar-refractivity contribution in [3.05, 3.63) is 95.1 Å². The maximum atomic E-state index is 12.3. The molecule has 0 aliphatic carbocycles. The summed E-state index contributed by atoms with van der Waals surface area (Å²) in [6, 6.07) is 21.8. The first-order valence-corrected chi connectivity index (χ1v) is 8.37. The second-order valence-electron chi connectivity index (χ2n) is 6.22. The lowest BCUT2D eigenvalue weighted by atomic mass is 10.1. The van der Waals surface area contributed by atoms with Gasteiger partial charge in [-0.15, -0.1) is 0 Å². The Morgan fingerprint density at radius 3 is 1.35 bits per heavy atom. The van der Waals surface area contributed by atoms with Crippen LogP contribution in [-0.4, -0.2) is 11.8 Å². The van der Waals surface area contributed by atoms with Gasteiger partial charge in [0.2, 0.25) is 0 Å². The molecule has 0 heterocycles. The van der Waals surface area contributed by atoms with Crippen LogP contribution in [0.1, 0.15) is 31.8 Å². The average Bonchev–Trinajstić information content (AvgIpc) is 2.62. The van der Waals surface area contributed by atoms with Gasteiger partial charge in [0.1, 0.15) is 0 Å². The van der Waals surface area contributed by atoms with Crippen molar-refractivity contribution in [2.75, 3.05) is 10.6 Å². The lowest BCUT2D eigenvalue weighted by molar-refractivity contribution is 0.101. The molecule has 4 heteroatoms. The minimum Gasteiger partial charge on any atom is -0.322 e. The third kappa shape index (κ3) is 4.36. The highest BCUT2D eigenvalue weighted by Gasteiger charge is 2.10. The van der Waals surface area contributed by atoms with Crippen molar-refractivity contribution in [2.45, 2.75) is 13.8 Å². The van der Waals surface area contributed by atoms with E-state index < -0.39 is 0 Å². The lowest BCUT2D eigenvalue weighted by Gasteiger charge is -2.08. The first-order chi connectivity index (χ1) is 12.5. The minimum atomic E-state index is -0.207. The number of rotatable bonds is 4.